The van der Waals surface area contributed by atoms with Gasteiger partial charge in [0.25, 0.3) is 0 Å². The Balaban J connectivity index is 1.63. The van der Waals surface area contributed by atoms with Gasteiger partial charge >= 0.3 is 0 Å². The van der Waals surface area contributed by atoms with E-state index >= 15 is 0 Å². The normalized spacial score (nSPS) is 21.3. The van der Waals surface area contributed by atoms with Crippen molar-refractivity contribution in [3.05, 3.63) is 22.3 Å². The summed E-state index contributed by atoms with van der Waals surface area (Å²) in [6.07, 6.45) is 2.74. The summed E-state index contributed by atoms with van der Waals surface area (Å²) in [4.78, 5) is 20.9. The molecule has 2 aliphatic heterocycles. The van der Waals surface area contributed by atoms with E-state index in [1.54, 1.807) is 12.3 Å². The minimum atomic E-state index is -0.781. The van der Waals surface area contributed by atoms with Crippen LogP contribution in [0.1, 0.15) is 12.8 Å². The topological polar surface area (TPSA) is 71.7 Å². The fourth-order valence-corrected chi connectivity index (χ4v) is 3.53. The van der Waals surface area contributed by atoms with E-state index in [2.05, 4.69) is 9.88 Å². The van der Waals surface area contributed by atoms with Gasteiger partial charge in [0.05, 0.1) is 15.6 Å². The molecule has 3 heterocycles. The number of carbonyl (C=O) groups excluding carboxylic acids is 1. The van der Waals surface area contributed by atoms with Crippen LogP contribution in [0.3, 0.4) is 0 Å². The molecule has 2 N–H and O–H groups in total. The van der Waals surface area contributed by atoms with E-state index in [1.165, 1.54) is 0 Å². The van der Waals surface area contributed by atoms with Gasteiger partial charge in [-0.3, -0.25) is 4.79 Å². The average Bonchev–Trinajstić information content (AvgIpc) is 2.55. The van der Waals surface area contributed by atoms with E-state index in [9.17, 15) is 4.79 Å². The number of hydrogen-bond donors (Lipinski definition) is 1. The van der Waals surface area contributed by atoms with E-state index < -0.39 is 5.54 Å². The lowest BCUT2D eigenvalue weighted by Crippen LogP contribution is -2.61. The second-order valence-corrected chi connectivity index (χ2v) is 6.85. The molecule has 3 rings (SSSR count). The molecule has 1 aromatic rings. The summed E-state index contributed by atoms with van der Waals surface area (Å²) in [7, 11) is 0. The van der Waals surface area contributed by atoms with Crippen molar-refractivity contribution in [1.29, 1.82) is 0 Å². The molecular weight excluding hydrogens is 339 g/mol. The molecule has 0 atom stereocenters. The molecule has 1 aromatic heterocycles. The van der Waals surface area contributed by atoms with Crippen molar-refractivity contribution in [2.45, 2.75) is 18.4 Å². The maximum Gasteiger partial charge on any atom is 0.242 e. The largest absolute Gasteiger partial charge is 0.381 e. The van der Waals surface area contributed by atoms with Gasteiger partial charge in [-0.2, -0.15) is 0 Å². The second-order valence-electron chi connectivity index (χ2n) is 6.01. The number of rotatable bonds is 2. The van der Waals surface area contributed by atoms with Gasteiger partial charge < -0.3 is 20.3 Å². The predicted molar refractivity (Wildman–Crippen MR) is 90.0 cm³/mol. The van der Waals surface area contributed by atoms with Gasteiger partial charge in [0.1, 0.15) is 5.82 Å². The van der Waals surface area contributed by atoms with Crippen molar-refractivity contribution in [2.24, 2.45) is 5.73 Å². The number of pyridine rings is 1. The Labute approximate surface area is 145 Å². The number of carbonyl (C=O) groups is 1. The van der Waals surface area contributed by atoms with Gasteiger partial charge in [0.15, 0.2) is 0 Å². The molecule has 0 bridgehead atoms. The first-order valence-corrected chi connectivity index (χ1v) is 8.47. The summed E-state index contributed by atoms with van der Waals surface area (Å²) in [5.41, 5.74) is 5.51. The summed E-state index contributed by atoms with van der Waals surface area (Å²) in [6, 6.07) is 1.68. The zero-order valence-corrected chi connectivity index (χ0v) is 14.3. The molecular formula is C15H20Cl2N4O2. The highest BCUT2D eigenvalue weighted by Gasteiger charge is 2.39. The molecule has 2 fully saturated rings. The molecule has 23 heavy (non-hydrogen) atoms. The third kappa shape index (κ3) is 3.55. The fraction of sp³-hybridized carbons (Fsp3) is 0.600. The first kappa shape index (κ1) is 16.8. The maximum atomic E-state index is 12.7. The van der Waals surface area contributed by atoms with Crippen molar-refractivity contribution in [1.82, 2.24) is 9.88 Å². The Hall–Kier alpha value is -1.08. The van der Waals surface area contributed by atoms with Crippen molar-refractivity contribution >= 4 is 34.9 Å². The minimum Gasteiger partial charge on any atom is -0.381 e. The second kappa shape index (κ2) is 6.81. The lowest BCUT2D eigenvalue weighted by atomic mass is 9.89. The summed E-state index contributed by atoms with van der Waals surface area (Å²) < 4.78 is 5.31. The number of halogens is 2. The summed E-state index contributed by atoms with van der Waals surface area (Å²) in [5, 5.41) is 1.04. The third-order valence-corrected chi connectivity index (χ3v) is 4.95. The van der Waals surface area contributed by atoms with Gasteiger partial charge in [-0.05, 0) is 18.9 Å². The van der Waals surface area contributed by atoms with Gasteiger partial charge in [-0.15, -0.1) is 0 Å². The zero-order valence-electron chi connectivity index (χ0n) is 12.8. The molecule has 0 spiro atoms. The highest BCUT2D eigenvalue weighted by molar-refractivity contribution is 6.36. The van der Waals surface area contributed by atoms with Gasteiger partial charge in [-0.1, -0.05) is 23.2 Å². The van der Waals surface area contributed by atoms with Crippen LogP contribution in [-0.4, -0.2) is 60.7 Å². The van der Waals surface area contributed by atoms with Gasteiger partial charge in [-0.25, -0.2) is 4.98 Å². The minimum absolute atomic E-state index is 0.0237. The van der Waals surface area contributed by atoms with E-state index in [0.717, 1.165) is 0 Å². The summed E-state index contributed by atoms with van der Waals surface area (Å²) in [5.74, 6) is 0.729. The Morgan fingerprint density at radius 2 is 1.87 bits per heavy atom. The van der Waals surface area contributed by atoms with Gasteiger partial charge in [0.2, 0.25) is 5.91 Å². The van der Waals surface area contributed by atoms with Crippen molar-refractivity contribution < 1.29 is 9.53 Å². The summed E-state index contributed by atoms with van der Waals surface area (Å²) >= 11 is 12.1. The highest BCUT2D eigenvalue weighted by Crippen LogP contribution is 2.27. The van der Waals surface area contributed by atoms with Crippen molar-refractivity contribution in [3.63, 3.8) is 0 Å². The molecule has 1 amide bonds. The Morgan fingerprint density at radius 3 is 2.48 bits per heavy atom. The number of hydrogen-bond acceptors (Lipinski definition) is 5. The first-order valence-electron chi connectivity index (χ1n) is 7.72. The van der Waals surface area contributed by atoms with E-state index in [1.807, 2.05) is 4.90 Å². The number of amides is 1. The molecule has 0 unspecified atom stereocenters. The summed E-state index contributed by atoms with van der Waals surface area (Å²) in [6.45, 7) is 3.66. The molecule has 0 saturated carbocycles. The third-order valence-electron chi connectivity index (χ3n) is 4.47. The molecule has 8 heteroatoms. The standard InChI is InChI=1S/C15H20Cl2N4O2/c16-11-9-12(17)13(19-10-11)20-3-5-21(6-4-20)14(22)15(18)1-7-23-8-2-15/h9-10H,1-8,18H2. The van der Waals surface area contributed by atoms with E-state index in [4.69, 9.17) is 33.7 Å². The zero-order chi connectivity index (χ0) is 16.4. The van der Waals surface area contributed by atoms with Crippen LogP contribution in [0.5, 0.6) is 0 Å². The molecule has 126 valence electrons. The number of piperazine rings is 1. The number of aromatic nitrogens is 1. The first-order chi connectivity index (χ1) is 11.0. The van der Waals surface area contributed by atoms with Crippen LogP contribution in [0, 0.1) is 0 Å². The highest BCUT2D eigenvalue weighted by atomic mass is 35.5. The molecule has 0 aromatic carbocycles. The Bertz CT molecular complexity index is 585. The fourth-order valence-electron chi connectivity index (χ4n) is 3.03. The predicted octanol–water partition coefficient (Wildman–Crippen LogP) is 1.54. The molecule has 6 nitrogen and oxygen atoms in total. The van der Waals surface area contributed by atoms with E-state index in [0.29, 0.717) is 68.1 Å². The van der Waals surface area contributed by atoms with Gasteiger partial charge in [0, 0.05) is 45.6 Å². The molecule has 0 aliphatic carbocycles. The lowest BCUT2D eigenvalue weighted by Gasteiger charge is -2.41. The molecule has 2 aliphatic rings. The quantitative estimate of drug-likeness (QED) is 0.868. The monoisotopic (exact) mass is 358 g/mol. The van der Waals surface area contributed by atoms with Crippen LogP contribution < -0.4 is 10.6 Å². The number of nitrogens with zero attached hydrogens (tertiary/aromatic N) is 3. The number of ether oxygens (including phenoxy) is 1. The molecule has 0 radical (unpaired) electrons. The Morgan fingerprint density at radius 1 is 1.22 bits per heavy atom. The SMILES string of the molecule is NC1(C(=O)N2CCN(c3ncc(Cl)cc3Cl)CC2)CCOCC1. The van der Waals surface area contributed by atoms with Crippen molar-refractivity contribution in [2.75, 3.05) is 44.3 Å². The van der Waals surface area contributed by atoms with Crippen LogP contribution in [0.15, 0.2) is 12.3 Å². The van der Waals surface area contributed by atoms with Crippen molar-refractivity contribution in [3.8, 4) is 0 Å². The Kier molecular flexibility index (Phi) is 4.96. The molecule has 2 saturated heterocycles. The number of anilines is 1. The smallest absolute Gasteiger partial charge is 0.242 e. The van der Waals surface area contributed by atoms with Crippen LogP contribution in [-0.2, 0) is 9.53 Å². The average molecular weight is 359 g/mol. The van der Waals surface area contributed by atoms with Crippen LogP contribution >= 0.6 is 23.2 Å². The van der Waals surface area contributed by atoms with Crippen LogP contribution in [0.4, 0.5) is 5.82 Å². The maximum absolute atomic E-state index is 12.7. The lowest BCUT2D eigenvalue weighted by molar-refractivity contribution is -0.140. The van der Waals surface area contributed by atoms with E-state index in [-0.39, 0.29) is 5.91 Å². The van der Waals surface area contributed by atoms with Crippen LogP contribution in [0.25, 0.3) is 0 Å². The number of nitrogens with two attached hydrogens (primary N) is 1. The van der Waals surface area contributed by atoms with Crippen LogP contribution in [0.2, 0.25) is 10.0 Å².